The number of carboxylic acid groups (broad SMARTS) is 1. The van der Waals surface area contributed by atoms with Gasteiger partial charge in [-0.05, 0) is 0 Å². The lowest BCUT2D eigenvalue weighted by molar-refractivity contribution is -0.152. The Balaban J connectivity index is 0. The number of hydrogen-bond acceptors (Lipinski definition) is 1. The minimum absolute atomic E-state index is 0.844. The molecule has 0 aromatic heterocycles. The first-order valence-corrected chi connectivity index (χ1v) is 3.20. The molecule has 0 heterocycles. The van der Waals surface area contributed by atoms with Crippen molar-refractivity contribution >= 4 is 5.97 Å². The molecule has 11 heavy (non-hydrogen) atoms. The molecular formula is C6H11F3O2. The standard InChI is InChI=1S/C4H5F3O2.C2H6/c5-4(6,7)2-1-3(8)9;1-2/h1-2H2,(H,8,9);1-2H3. The van der Waals surface area contributed by atoms with E-state index >= 15 is 0 Å². The van der Waals surface area contributed by atoms with Gasteiger partial charge >= 0.3 is 12.1 Å². The quantitative estimate of drug-likeness (QED) is 0.694. The normalized spacial score (nSPS) is 9.91. The summed E-state index contributed by atoms with van der Waals surface area (Å²) in [5.41, 5.74) is 0. The molecule has 0 atom stereocenters. The molecule has 1 N–H and O–H groups in total. The Labute approximate surface area is 63.0 Å². The van der Waals surface area contributed by atoms with E-state index in [1.165, 1.54) is 0 Å². The highest BCUT2D eigenvalue weighted by molar-refractivity contribution is 5.66. The van der Waals surface area contributed by atoms with E-state index in [1.54, 1.807) is 0 Å². The second-order valence-corrected chi connectivity index (χ2v) is 1.51. The zero-order valence-electron chi connectivity index (χ0n) is 6.40. The smallest absolute Gasteiger partial charge is 0.389 e. The fraction of sp³-hybridized carbons (Fsp3) is 0.833. The first-order valence-electron chi connectivity index (χ1n) is 3.20. The Morgan fingerprint density at radius 1 is 1.36 bits per heavy atom. The molecule has 0 radical (unpaired) electrons. The number of hydrogen-bond donors (Lipinski definition) is 1. The van der Waals surface area contributed by atoms with E-state index in [-0.39, 0.29) is 0 Å². The molecule has 0 bridgehead atoms. The van der Waals surface area contributed by atoms with E-state index in [0.717, 1.165) is 0 Å². The number of halogens is 3. The summed E-state index contributed by atoms with van der Waals surface area (Å²) in [6.07, 6.45) is -6.44. The summed E-state index contributed by atoms with van der Waals surface area (Å²) in [6, 6.07) is 0. The SMILES string of the molecule is CC.O=C(O)CCC(F)(F)F. The number of carboxylic acids is 1. The Morgan fingerprint density at radius 2 is 1.73 bits per heavy atom. The maximum Gasteiger partial charge on any atom is 0.389 e. The van der Waals surface area contributed by atoms with Gasteiger partial charge in [-0.1, -0.05) is 13.8 Å². The van der Waals surface area contributed by atoms with Gasteiger partial charge in [0.1, 0.15) is 0 Å². The van der Waals surface area contributed by atoms with Gasteiger partial charge in [0.25, 0.3) is 0 Å². The lowest BCUT2D eigenvalue weighted by Gasteiger charge is -2.01. The second-order valence-electron chi connectivity index (χ2n) is 1.51. The van der Waals surface area contributed by atoms with Crippen LogP contribution in [-0.4, -0.2) is 17.3 Å². The Hall–Kier alpha value is -0.740. The van der Waals surface area contributed by atoms with Crippen LogP contribution in [-0.2, 0) is 4.79 Å². The summed E-state index contributed by atoms with van der Waals surface area (Å²) >= 11 is 0. The van der Waals surface area contributed by atoms with Gasteiger partial charge in [-0.3, -0.25) is 4.79 Å². The summed E-state index contributed by atoms with van der Waals surface area (Å²) in [4.78, 5) is 9.55. The third-order valence-corrected chi connectivity index (χ3v) is 0.622. The van der Waals surface area contributed by atoms with Crippen molar-refractivity contribution in [3.63, 3.8) is 0 Å². The summed E-state index contributed by atoms with van der Waals surface area (Å²) in [5.74, 6) is -1.42. The van der Waals surface area contributed by atoms with Crippen LogP contribution in [0.5, 0.6) is 0 Å². The van der Waals surface area contributed by atoms with Crippen LogP contribution in [0.15, 0.2) is 0 Å². The maximum atomic E-state index is 11.2. The van der Waals surface area contributed by atoms with Crippen molar-refractivity contribution in [2.75, 3.05) is 0 Å². The molecule has 0 saturated heterocycles. The monoisotopic (exact) mass is 172 g/mol. The van der Waals surface area contributed by atoms with E-state index in [2.05, 4.69) is 0 Å². The second kappa shape index (κ2) is 6.00. The van der Waals surface area contributed by atoms with Crippen LogP contribution >= 0.6 is 0 Å². The lowest BCUT2D eigenvalue weighted by Crippen LogP contribution is -2.09. The summed E-state index contributed by atoms with van der Waals surface area (Å²) < 4.78 is 33.5. The van der Waals surface area contributed by atoms with E-state index in [4.69, 9.17) is 5.11 Å². The highest BCUT2D eigenvalue weighted by Crippen LogP contribution is 2.20. The lowest BCUT2D eigenvalue weighted by atomic mass is 10.3. The minimum atomic E-state index is -4.35. The van der Waals surface area contributed by atoms with Crippen molar-refractivity contribution in [2.24, 2.45) is 0 Å². The van der Waals surface area contributed by atoms with Crippen LogP contribution in [0.4, 0.5) is 13.2 Å². The van der Waals surface area contributed by atoms with Gasteiger partial charge in [0.15, 0.2) is 0 Å². The van der Waals surface area contributed by atoms with Crippen LogP contribution in [0.3, 0.4) is 0 Å². The predicted molar refractivity (Wildman–Crippen MR) is 34.3 cm³/mol. The number of carbonyl (C=O) groups is 1. The van der Waals surface area contributed by atoms with Gasteiger partial charge in [0, 0.05) is 0 Å². The molecule has 0 fully saturated rings. The van der Waals surface area contributed by atoms with Crippen LogP contribution in [0.25, 0.3) is 0 Å². The van der Waals surface area contributed by atoms with Crippen LogP contribution in [0.1, 0.15) is 26.7 Å². The van der Waals surface area contributed by atoms with Crippen LogP contribution in [0.2, 0.25) is 0 Å². The average Bonchev–Trinajstić information content (AvgIpc) is 1.87. The molecule has 68 valence electrons. The molecule has 0 aliphatic heterocycles. The summed E-state index contributed by atoms with van der Waals surface area (Å²) in [5, 5.41) is 7.78. The Morgan fingerprint density at radius 3 is 1.82 bits per heavy atom. The van der Waals surface area contributed by atoms with Gasteiger partial charge in [-0.15, -0.1) is 0 Å². The van der Waals surface area contributed by atoms with Gasteiger partial charge in [-0.25, -0.2) is 0 Å². The van der Waals surface area contributed by atoms with Crippen molar-refractivity contribution in [2.45, 2.75) is 32.9 Å². The Bertz CT molecular complexity index is 109. The van der Waals surface area contributed by atoms with E-state index in [9.17, 15) is 18.0 Å². The molecule has 5 heteroatoms. The highest BCUT2D eigenvalue weighted by atomic mass is 19.4. The summed E-state index contributed by atoms with van der Waals surface area (Å²) in [7, 11) is 0. The molecule has 0 unspecified atom stereocenters. The third kappa shape index (κ3) is 17.6. The first kappa shape index (κ1) is 12.9. The van der Waals surface area contributed by atoms with Gasteiger partial charge in [0.05, 0.1) is 12.8 Å². The largest absolute Gasteiger partial charge is 0.481 e. The predicted octanol–water partition coefficient (Wildman–Crippen LogP) is 2.44. The molecule has 0 rings (SSSR count). The molecule has 0 aliphatic rings. The number of aliphatic carboxylic acids is 1. The number of alkyl halides is 3. The molecule has 0 aromatic rings. The van der Waals surface area contributed by atoms with Crippen molar-refractivity contribution in [1.29, 1.82) is 0 Å². The van der Waals surface area contributed by atoms with Gasteiger partial charge in [0.2, 0.25) is 0 Å². The zero-order valence-corrected chi connectivity index (χ0v) is 6.40. The van der Waals surface area contributed by atoms with E-state index in [1.807, 2.05) is 13.8 Å². The van der Waals surface area contributed by atoms with E-state index < -0.39 is 25.0 Å². The maximum absolute atomic E-state index is 11.2. The molecule has 2 nitrogen and oxygen atoms in total. The van der Waals surface area contributed by atoms with Crippen molar-refractivity contribution in [3.05, 3.63) is 0 Å². The minimum Gasteiger partial charge on any atom is -0.481 e. The molecule has 0 saturated carbocycles. The summed E-state index contributed by atoms with van der Waals surface area (Å²) in [6.45, 7) is 4.00. The highest BCUT2D eigenvalue weighted by Gasteiger charge is 2.27. The van der Waals surface area contributed by atoms with E-state index in [0.29, 0.717) is 0 Å². The van der Waals surface area contributed by atoms with Crippen LogP contribution < -0.4 is 0 Å². The van der Waals surface area contributed by atoms with Crippen molar-refractivity contribution in [3.8, 4) is 0 Å². The molecular weight excluding hydrogens is 161 g/mol. The molecule has 0 aliphatic carbocycles. The van der Waals surface area contributed by atoms with Gasteiger partial charge in [-0.2, -0.15) is 13.2 Å². The molecule has 0 spiro atoms. The zero-order chi connectivity index (χ0) is 9.49. The third-order valence-electron chi connectivity index (χ3n) is 0.622. The first-order chi connectivity index (χ1) is 4.92. The molecule has 0 aromatic carbocycles. The van der Waals surface area contributed by atoms with Gasteiger partial charge < -0.3 is 5.11 Å². The topological polar surface area (TPSA) is 37.3 Å². The molecule has 0 amide bonds. The average molecular weight is 172 g/mol. The fourth-order valence-corrected chi connectivity index (χ4v) is 0.249. The Kier molecular flexibility index (Phi) is 7.04. The fourth-order valence-electron chi connectivity index (χ4n) is 0.249. The van der Waals surface area contributed by atoms with Crippen molar-refractivity contribution < 1.29 is 23.1 Å². The number of rotatable bonds is 2. The van der Waals surface area contributed by atoms with Crippen LogP contribution in [0, 0.1) is 0 Å². The van der Waals surface area contributed by atoms with Crippen molar-refractivity contribution in [1.82, 2.24) is 0 Å².